The van der Waals surface area contributed by atoms with Gasteiger partial charge in [0.1, 0.15) is 5.54 Å². The van der Waals surface area contributed by atoms with Crippen LogP contribution in [-0.2, 0) is 16.8 Å². The van der Waals surface area contributed by atoms with Crippen LogP contribution in [0.3, 0.4) is 0 Å². The molecule has 0 aliphatic carbocycles. The third-order valence-corrected chi connectivity index (χ3v) is 4.95. The van der Waals surface area contributed by atoms with E-state index in [9.17, 15) is 9.59 Å². The number of rotatable bonds is 2. The summed E-state index contributed by atoms with van der Waals surface area (Å²) in [6.07, 6.45) is 1.34. The van der Waals surface area contributed by atoms with Gasteiger partial charge in [-0.05, 0) is 29.4 Å². The number of likely N-dealkylation sites (tertiary alicyclic amines) is 1. The molecule has 0 bridgehead atoms. The highest BCUT2D eigenvalue weighted by molar-refractivity contribution is 6.07. The summed E-state index contributed by atoms with van der Waals surface area (Å²) in [5, 5.41) is 5.16. The highest BCUT2D eigenvalue weighted by Crippen LogP contribution is 2.27. The average Bonchev–Trinajstić information content (AvgIpc) is 2.75. The molecule has 3 amide bonds. The van der Waals surface area contributed by atoms with Crippen molar-refractivity contribution in [3.05, 3.63) is 35.4 Å². The van der Waals surface area contributed by atoms with Gasteiger partial charge in [-0.1, -0.05) is 45.0 Å². The minimum Gasteiger partial charge on any atom is -0.323 e. The van der Waals surface area contributed by atoms with Gasteiger partial charge in [-0.25, -0.2) is 4.79 Å². The summed E-state index contributed by atoms with van der Waals surface area (Å²) >= 11 is 0. The van der Waals surface area contributed by atoms with Crippen LogP contribution in [0.2, 0.25) is 0 Å². The molecule has 3 rings (SSSR count). The second-order valence-corrected chi connectivity index (χ2v) is 7.71. The fraction of sp³-hybridized carbons (Fsp3) is 0.556. The van der Waals surface area contributed by atoms with Crippen LogP contribution in [0.25, 0.3) is 0 Å². The first-order valence-electron chi connectivity index (χ1n) is 8.24. The number of carbonyl (C=O) groups is 2. The first-order valence-corrected chi connectivity index (χ1v) is 8.24. The third-order valence-electron chi connectivity index (χ3n) is 4.95. The maximum absolute atomic E-state index is 11.9. The molecule has 1 aromatic carbocycles. The Morgan fingerprint density at radius 1 is 1.09 bits per heavy atom. The Morgan fingerprint density at radius 2 is 1.70 bits per heavy atom. The van der Waals surface area contributed by atoms with Crippen molar-refractivity contribution in [3.63, 3.8) is 0 Å². The minimum absolute atomic E-state index is 0.170. The zero-order chi connectivity index (χ0) is 16.7. The Labute approximate surface area is 137 Å². The SMILES string of the molecule is CC(C)(C)c1ccc(CN2CCC3(CC2)NC(=O)NC3=O)cc1. The molecule has 2 saturated heterocycles. The number of urea groups is 1. The molecule has 2 heterocycles. The first kappa shape index (κ1) is 16.0. The summed E-state index contributed by atoms with van der Waals surface area (Å²) < 4.78 is 0. The molecule has 0 unspecified atom stereocenters. The molecule has 5 nitrogen and oxygen atoms in total. The second kappa shape index (κ2) is 5.64. The summed E-state index contributed by atoms with van der Waals surface area (Å²) in [7, 11) is 0. The number of carbonyl (C=O) groups excluding carboxylic acids is 2. The van der Waals surface area contributed by atoms with Gasteiger partial charge < -0.3 is 5.32 Å². The predicted molar refractivity (Wildman–Crippen MR) is 89.1 cm³/mol. The molecule has 1 spiro atoms. The van der Waals surface area contributed by atoms with Crippen LogP contribution in [0.15, 0.2) is 24.3 Å². The molecule has 2 fully saturated rings. The molecule has 0 saturated carbocycles. The molecule has 2 aliphatic rings. The summed E-state index contributed by atoms with van der Waals surface area (Å²) in [5.41, 5.74) is 2.12. The van der Waals surface area contributed by atoms with E-state index in [1.54, 1.807) is 0 Å². The molecular weight excluding hydrogens is 290 g/mol. The number of hydrogen-bond acceptors (Lipinski definition) is 3. The first-order chi connectivity index (χ1) is 10.8. The number of benzene rings is 1. The van der Waals surface area contributed by atoms with Gasteiger partial charge in [0.2, 0.25) is 0 Å². The maximum Gasteiger partial charge on any atom is 0.322 e. The molecule has 1 aromatic rings. The van der Waals surface area contributed by atoms with Crippen molar-refractivity contribution in [2.75, 3.05) is 13.1 Å². The average molecular weight is 315 g/mol. The molecule has 124 valence electrons. The van der Waals surface area contributed by atoms with Gasteiger partial charge in [-0.3, -0.25) is 15.0 Å². The normalized spacial score (nSPS) is 21.3. The lowest BCUT2D eigenvalue weighted by atomic mass is 9.86. The number of imide groups is 1. The van der Waals surface area contributed by atoms with Crippen LogP contribution in [0.5, 0.6) is 0 Å². The Kier molecular flexibility index (Phi) is 3.92. The van der Waals surface area contributed by atoms with Crippen molar-refractivity contribution >= 4 is 11.9 Å². The summed E-state index contributed by atoms with van der Waals surface area (Å²) in [5.74, 6) is -0.170. The van der Waals surface area contributed by atoms with Crippen molar-refractivity contribution in [2.24, 2.45) is 0 Å². The number of amides is 3. The fourth-order valence-electron chi connectivity index (χ4n) is 3.34. The van der Waals surface area contributed by atoms with Crippen LogP contribution in [-0.4, -0.2) is 35.5 Å². The smallest absolute Gasteiger partial charge is 0.322 e. The monoisotopic (exact) mass is 315 g/mol. The lowest BCUT2D eigenvalue weighted by Crippen LogP contribution is -2.54. The van der Waals surface area contributed by atoms with E-state index in [2.05, 4.69) is 60.6 Å². The Bertz CT molecular complexity index is 608. The van der Waals surface area contributed by atoms with Gasteiger partial charge in [0.25, 0.3) is 5.91 Å². The second-order valence-electron chi connectivity index (χ2n) is 7.71. The van der Waals surface area contributed by atoms with Gasteiger partial charge in [0, 0.05) is 19.6 Å². The van der Waals surface area contributed by atoms with Crippen molar-refractivity contribution in [1.29, 1.82) is 0 Å². The van der Waals surface area contributed by atoms with Crippen molar-refractivity contribution < 1.29 is 9.59 Å². The summed E-state index contributed by atoms with van der Waals surface area (Å²) in [6.45, 7) is 9.16. The molecule has 2 N–H and O–H groups in total. The van der Waals surface area contributed by atoms with E-state index in [1.807, 2.05) is 0 Å². The Morgan fingerprint density at radius 3 is 2.17 bits per heavy atom. The van der Waals surface area contributed by atoms with Crippen molar-refractivity contribution in [1.82, 2.24) is 15.5 Å². The zero-order valence-corrected chi connectivity index (χ0v) is 14.1. The largest absolute Gasteiger partial charge is 0.323 e. The minimum atomic E-state index is -0.677. The fourth-order valence-corrected chi connectivity index (χ4v) is 3.34. The third kappa shape index (κ3) is 3.24. The van der Waals surface area contributed by atoms with Gasteiger partial charge in [0.05, 0.1) is 0 Å². The predicted octanol–water partition coefficient (Wildman–Crippen LogP) is 2.16. The van der Waals surface area contributed by atoms with Gasteiger partial charge in [-0.15, -0.1) is 0 Å². The van der Waals surface area contributed by atoms with Gasteiger partial charge >= 0.3 is 6.03 Å². The lowest BCUT2D eigenvalue weighted by Gasteiger charge is -2.37. The van der Waals surface area contributed by atoms with Crippen LogP contribution < -0.4 is 10.6 Å². The zero-order valence-electron chi connectivity index (χ0n) is 14.1. The molecule has 0 aromatic heterocycles. The van der Waals surface area contributed by atoms with Crippen molar-refractivity contribution in [3.8, 4) is 0 Å². The molecule has 0 radical (unpaired) electrons. The molecule has 5 heteroatoms. The van der Waals surface area contributed by atoms with E-state index >= 15 is 0 Å². The number of nitrogens with one attached hydrogen (secondary N) is 2. The standard InChI is InChI=1S/C18H25N3O2/c1-17(2,3)14-6-4-13(5-7-14)12-21-10-8-18(9-11-21)15(22)19-16(23)20-18/h4-7H,8-12H2,1-3H3,(H2,19,20,22,23). The Balaban J connectivity index is 1.59. The highest BCUT2D eigenvalue weighted by atomic mass is 16.2. The topological polar surface area (TPSA) is 61.4 Å². The van der Waals surface area contributed by atoms with Gasteiger partial charge in [-0.2, -0.15) is 0 Å². The van der Waals surface area contributed by atoms with E-state index in [4.69, 9.17) is 0 Å². The van der Waals surface area contributed by atoms with Crippen LogP contribution in [0.4, 0.5) is 4.79 Å². The van der Waals surface area contributed by atoms with E-state index in [0.717, 1.165) is 19.6 Å². The van der Waals surface area contributed by atoms with Crippen molar-refractivity contribution in [2.45, 2.75) is 51.1 Å². The maximum atomic E-state index is 11.9. The summed E-state index contributed by atoms with van der Waals surface area (Å²) in [4.78, 5) is 25.6. The number of piperidine rings is 1. The quantitative estimate of drug-likeness (QED) is 0.822. The van der Waals surface area contributed by atoms with E-state index in [1.165, 1.54) is 11.1 Å². The highest BCUT2D eigenvalue weighted by Gasteiger charge is 2.47. The molecule has 23 heavy (non-hydrogen) atoms. The lowest BCUT2D eigenvalue weighted by molar-refractivity contribution is -0.125. The number of hydrogen-bond donors (Lipinski definition) is 2. The molecule has 2 aliphatic heterocycles. The molecule has 0 atom stereocenters. The number of nitrogens with zero attached hydrogens (tertiary/aromatic N) is 1. The van der Waals surface area contributed by atoms with Gasteiger partial charge in [0.15, 0.2) is 0 Å². The van der Waals surface area contributed by atoms with Crippen LogP contribution in [0, 0.1) is 0 Å². The van der Waals surface area contributed by atoms with Crippen LogP contribution >= 0.6 is 0 Å². The van der Waals surface area contributed by atoms with E-state index in [0.29, 0.717) is 12.8 Å². The van der Waals surface area contributed by atoms with E-state index < -0.39 is 5.54 Å². The Hall–Kier alpha value is -1.88. The van der Waals surface area contributed by atoms with Crippen LogP contribution in [0.1, 0.15) is 44.7 Å². The molecular formula is C18H25N3O2. The summed E-state index contributed by atoms with van der Waals surface area (Å²) in [6, 6.07) is 8.42. The van der Waals surface area contributed by atoms with E-state index in [-0.39, 0.29) is 17.4 Å².